The molecule has 0 aliphatic rings. The summed E-state index contributed by atoms with van der Waals surface area (Å²) in [5, 5.41) is 13.4. The third kappa shape index (κ3) is 3.08. The molecule has 0 spiro atoms. The van der Waals surface area contributed by atoms with E-state index in [1.165, 1.54) is 18.4 Å². The molecule has 0 fully saturated rings. The van der Waals surface area contributed by atoms with Crippen LogP contribution in [0.15, 0.2) is 36.7 Å². The molecule has 0 aliphatic carbocycles. The summed E-state index contributed by atoms with van der Waals surface area (Å²) in [6, 6.07) is 10.9. The van der Waals surface area contributed by atoms with Gasteiger partial charge in [-0.2, -0.15) is 10.4 Å². The van der Waals surface area contributed by atoms with Crippen LogP contribution in [0.4, 0.5) is 0 Å². The molecule has 2 rings (SSSR count). The molecule has 0 radical (unpaired) electrons. The second-order valence-electron chi connectivity index (χ2n) is 5.64. The smallest absolute Gasteiger partial charge is 0.143 e. The number of nitrogens with zero attached hydrogens (tertiary/aromatic N) is 3. The van der Waals surface area contributed by atoms with E-state index in [0.29, 0.717) is 0 Å². The molecule has 0 atom stereocenters. The molecule has 0 amide bonds. The summed E-state index contributed by atoms with van der Waals surface area (Å²) in [6.45, 7) is 5.93. The Labute approximate surface area is 120 Å². The van der Waals surface area contributed by atoms with Gasteiger partial charge in [0.05, 0.1) is 12.3 Å². The Morgan fingerprint density at radius 3 is 2.50 bits per heavy atom. The van der Waals surface area contributed by atoms with E-state index in [0.717, 1.165) is 17.5 Å². The molecular formula is C17H21N3. The minimum absolute atomic E-state index is 0.612. The summed E-state index contributed by atoms with van der Waals surface area (Å²) < 4.78 is 1.72. The van der Waals surface area contributed by atoms with Crippen molar-refractivity contribution in [2.45, 2.75) is 45.6 Å². The number of nitriles is 1. The highest BCUT2D eigenvalue weighted by molar-refractivity contribution is 5.62. The first-order valence-electron chi connectivity index (χ1n) is 7.12. The first-order valence-corrected chi connectivity index (χ1v) is 7.12. The van der Waals surface area contributed by atoms with Gasteiger partial charge in [0, 0.05) is 11.8 Å². The maximum atomic E-state index is 9.14. The summed E-state index contributed by atoms with van der Waals surface area (Å²) >= 11 is 0. The van der Waals surface area contributed by atoms with E-state index < -0.39 is 5.54 Å². The molecule has 0 bridgehead atoms. The molecule has 0 aliphatic heterocycles. The topological polar surface area (TPSA) is 41.6 Å². The van der Waals surface area contributed by atoms with Crippen LogP contribution in [0.3, 0.4) is 0 Å². The predicted octanol–water partition coefficient (Wildman–Crippen LogP) is 4.15. The zero-order valence-electron chi connectivity index (χ0n) is 12.4. The SMILES string of the molecule is CCCCc1ccc(-c2cnn(C(C)(C)C#N)c2)cc1. The molecule has 3 heteroatoms. The van der Waals surface area contributed by atoms with Gasteiger partial charge in [-0.25, -0.2) is 0 Å². The average Bonchev–Trinajstić information content (AvgIpc) is 2.96. The van der Waals surface area contributed by atoms with Crippen LogP contribution < -0.4 is 0 Å². The lowest BCUT2D eigenvalue weighted by Crippen LogP contribution is -2.24. The standard InChI is InChI=1S/C17H21N3/c1-4-5-6-14-7-9-15(10-8-14)16-11-19-20(12-16)17(2,3)13-18/h7-12H,4-6H2,1-3H3. The molecule has 0 saturated carbocycles. The van der Waals surface area contributed by atoms with Crippen molar-refractivity contribution in [3.63, 3.8) is 0 Å². The predicted molar refractivity (Wildman–Crippen MR) is 81.2 cm³/mol. The normalized spacial score (nSPS) is 11.3. The van der Waals surface area contributed by atoms with Gasteiger partial charge in [0.15, 0.2) is 0 Å². The second-order valence-corrected chi connectivity index (χ2v) is 5.64. The molecule has 104 valence electrons. The zero-order valence-corrected chi connectivity index (χ0v) is 12.4. The lowest BCUT2D eigenvalue weighted by atomic mass is 10.0. The van der Waals surface area contributed by atoms with Gasteiger partial charge in [-0.3, -0.25) is 4.68 Å². The molecule has 0 N–H and O–H groups in total. The summed E-state index contributed by atoms with van der Waals surface area (Å²) in [7, 11) is 0. The van der Waals surface area contributed by atoms with Crippen LogP contribution >= 0.6 is 0 Å². The van der Waals surface area contributed by atoms with E-state index in [4.69, 9.17) is 5.26 Å². The fourth-order valence-electron chi connectivity index (χ4n) is 2.07. The molecule has 0 saturated heterocycles. The van der Waals surface area contributed by atoms with E-state index in [1.54, 1.807) is 4.68 Å². The van der Waals surface area contributed by atoms with Crippen LogP contribution in [0.1, 0.15) is 39.2 Å². The van der Waals surface area contributed by atoms with Crippen LogP contribution in [-0.4, -0.2) is 9.78 Å². The number of aryl methyl sites for hydroxylation is 1. The van der Waals surface area contributed by atoms with Gasteiger partial charge >= 0.3 is 0 Å². The van der Waals surface area contributed by atoms with E-state index in [9.17, 15) is 0 Å². The lowest BCUT2D eigenvalue weighted by Gasteiger charge is -2.15. The molecule has 0 unspecified atom stereocenters. The quantitative estimate of drug-likeness (QED) is 0.816. The van der Waals surface area contributed by atoms with Crippen LogP contribution in [0.5, 0.6) is 0 Å². The molecule has 20 heavy (non-hydrogen) atoms. The largest absolute Gasteiger partial charge is 0.252 e. The number of aromatic nitrogens is 2. The molecule has 2 aromatic rings. The summed E-state index contributed by atoms with van der Waals surface area (Å²) in [5.41, 5.74) is 2.96. The Bertz CT molecular complexity index is 600. The Hall–Kier alpha value is -2.08. The van der Waals surface area contributed by atoms with Crippen molar-refractivity contribution in [3.05, 3.63) is 42.2 Å². The summed E-state index contributed by atoms with van der Waals surface area (Å²) in [6.07, 6.45) is 7.34. The van der Waals surface area contributed by atoms with Gasteiger partial charge in [-0.15, -0.1) is 0 Å². The maximum Gasteiger partial charge on any atom is 0.143 e. The van der Waals surface area contributed by atoms with E-state index in [1.807, 2.05) is 26.2 Å². The number of unbranched alkanes of at least 4 members (excludes halogenated alkanes) is 1. The summed E-state index contributed by atoms with van der Waals surface area (Å²) in [5.74, 6) is 0. The first kappa shape index (κ1) is 14.3. The van der Waals surface area contributed by atoms with Crippen molar-refractivity contribution in [3.8, 4) is 17.2 Å². The van der Waals surface area contributed by atoms with Gasteiger partial charge in [-0.1, -0.05) is 37.6 Å². The van der Waals surface area contributed by atoms with Gasteiger partial charge in [0.2, 0.25) is 0 Å². The first-order chi connectivity index (χ1) is 9.56. The Morgan fingerprint density at radius 1 is 1.20 bits per heavy atom. The molecule has 1 aromatic heterocycles. The highest BCUT2D eigenvalue weighted by Crippen LogP contribution is 2.22. The van der Waals surface area contributed by atoms with Crippen LogP contribution in [-0.2, 0) is 12.0 Å². The molecule has 1 aromatic carbocycles. The van der Waals surface area contributed by atoms with Crippen LogP contribution in [0, 0.1) is 11.3 Å². The van der Waals surface area contributed by atoms with Crippen molar-refractivity contribution in [2.24, 2.45) is 0 Å². The van der Waals surface area contributed by atoms with Gasteiger partial charge in [0.1, 0.15) is 5.54 Å². The number of hydrogen-bond donors (Lipinski definition) is 0. The van der Waals surface area contributed by atoms with E-state index in [2.05, 4.69) is 42.4 Å². The van der Waals surface area contributed by atoms with Crippen molar-refractivity contribution >= 4 is 0 Å². The average molecular weight is 267 g/mol. The third-order valence-electron chi connectivity index (χ3n) is 3.54. The number of hydrogen-bond acceptors (Lipinski definition) is 2. The Kier molecular flexibility index (Phi) is 4.24. The van der Waals surface area contributed by atoms with Crippen molar-refractivity contribution in [1.82, 2.24) is 9.78 Å². The number of rotatable bonds is 5. The highest BCUT2D eigenvalue weighted by Gasteiger charge is 2.20. The minimum Gasteiger partial charge on any atom is -0.252 e. The molecule has 1 heterocycles. The molecule has 3 nitrogen and oxygen atoms in total. The van der Waals surface area contributed by atoms with Gasteiger partial charge in [0.25, 0.3) is 0 Å². The monoisotopic (exact) mass is 267 g/mol. The highest BCUT2D eigenvalue weighted by atomic mass is 15.3. The van der Waals surface area contributed by atoms with Crippen molar-refractivity contribution < 1.29 is 0 Å². The molecular weight excluding hydrogens is 246 g/mol. The fraction of sp³-hybridized carbons (Fsp3) is 0.412. The van der Waals surface area contributed by atoms with Crippen LogP contribution in [0.2, 0.25) is 0 Å². The Morgan fingerprint density at radius 2 is 1.90 bits per heavy atom. The lowest BCUT2D eigenvalue weighted by molar-refractivity contribution is 0.419. The van der Waals surface area contributed by atoms with Crippen molar-refractivity contribution in [1.29, 1.82) is 5.26 Å². The van der Waals surface area contributed by atoms with Gasteiger partial charge in [-0.05, 0) is 37.8 Å². The van der Waals surface area contributed by atoms with E-state index in [-0.39, 0.29) is 0 Å². The number of benzene rings is 1. The fourth-order valence-corrected chi connectivity index (χ4v) is 2.07. The van der Waals surface area contributed by atoms with Crippen LogP contribution in [0.25, 0.3) is 11.1 Å². The minimum atomic E-state index is -0.612. The maximum absolute atomic E-state index is 9.14. The third-order valence-corrected chi connectivity index (χ3v) is 3.54. The van der Waals surface area contributed by atoms with E-state index >= 15 is 0 Å². The second kappa shape index (κ2) is 5.92. The van der Waals surface area contributed by atoms with Crippen molar-refractivity contribution in [2.75, 3.05) is 0 Å². The summed E-state index contributed by atoms with van der Waals surface area (Å²) in [4.78, 5) is 0. The van der Waals surface area contributed by atoms with Gasteiger partial charge < -0.3 is 0 Å². The zero-order chi connectivity index (χ0) is 14.6. The Balaban J connectivity index is 2.19.